The molecular formula is C15H18N2S. The maximum absolute atomic E-state index is 5.84. The third kappa shape index (κ3) is 2.16. The summed E-state index contributed by atoms with van der Waals surface area (Å²) < 4.78 is 0. The second-order valence-corrected chi connectivity index (χ2v) is 5.94. The summed E-state index contributed by atoms with van der Waals surface area (Å²) >= 11 is 1.89. The van der Waals surface area contributed by atoms with Crippen LogP contribution in [0, 0.1) is 0 Å². The summed E-state index contributed by atoms with van der Waals surface area (Å²) in [7, 11) is 0. The Kier molecular flexibility index (Phi) is 3.10. The van der Waals surface area contributed by atoms with Crippen LogP contribution in [0.15, 0.2) is 35.7 Å². The van der Waals surface area contributed by atoms with E-state index in [1.165, 1.54) is 17.5 Å². The highest BCUT2D eigenvalue weighted by molar-refractivity contribution is 7.10. The summed E-state index contributed by atoms with van der Waals surface area (Å²) in [6, 6.07) is 11.0. The minimum Gasteiger partial charge on any atom is -0.399 e. The molecule has 1 unspecified atom stereocenters. The Bertz CT molecular complexity index is 547. The van der Waals surface area contributed by atoms with Crippen molar-refractivity contribution in [3.8, 4) is 0 Å². The SMILES string of the molecule is CC1c2ccsc2CCN1Cc1cccc(N)c1. The summed E-state index contributed by atoms with van der Waals surface area (Å²) in [6.45, 7) is 4.43. The van der Waals surface area contributed by atoms with Gasteiger partial charge in [-0.1, -0.05) is 12.1 Å². The Hall–Kier alpha value is -1.32. The summed E-state index contributed by atoms with van der Waals surface area (Å²) in [6.07, 6.45) is 1.18. The fourth-order valence-electron chi connectivity index (χ4n) is 2.70. The van der Waals surface area contributed by atoms with Gasteiger partial charge in [0, 0.05) is 29.7 Å². The van der Waals surface area contributed by atoms with Crippen LogP contribution in [0.4, 0.5) is 5.69 Å². The maximum atomic E-state index is 5.84. The Morgan fingerprint density at radius 1 is 1.39 bits per heavy atom. The van der Waals surface area contributed by atoms with Gasteiger partial charge >= 0.3 is 0 Å². The zero-order valence-electron chi connectivity index (χ0n) is 10.6. The second kappa shape index (κ2) is 4.75. The first-order chi connectivity index (χ1) is 8.74. The van der Waals surface area contributed by atoms with E-state index in [9.17, 15) is 0 Å². The van der Waals surface area contributed by atoms with E-state index in [1.807, 2.05) is 23.5 Å². The number of hydrogen-bond acceptors (Lipinski definition) is 3. The van der Waals surface area contributed by atoms with Gasteiger partial charge in [-0.15, -0.1) is 11.3 Å². The molecule has 2 nitrogen and oxygen atoms in total. The average molecular weight is 258 g/mol. The third-order valence-corrected chi connectivity index (χ3v) is 4.74. The molecule has 0 fully saturated rings. The lowest BCUT2D eigenvalue weighted by atomic mass is 10.0. The van der Waals surface area contributed by atoms with Gasteiger partial charge in [0.15, 0.2) is 0 Å². The van der Waals surface area contributed by atoms with E-state index in [-0.39, 0.29) is 0 Å². The highest BCUT2D eigenvalue weighted by atomic mass is 32.1. The molecule has 2 heterocycles. The number of nitrogen functional groups attached to an aromatic ring is 1. The van der Waals surface area contributed by atoms with Crippen LogP contribution in [0.1, 0.15) is 29.0 Å². The molecule has 3 heteroatoms. The monoisotopic (exact) mass is 258 g/mol. The van der Waals surface area contributed by atoms with Crippen molar-refractivity contribution in [3.05, 3.63) is 51.7 Å². The molecule has 0 amide bonds. The Balaban J connectivity index is 1.79. The number of fused-ring (bicyclic) bond motifs is 1. The first-order valence-corrected chi connectivity index (χ1v) is 7.27. The number of benzene rings is 1. The molecule has 3 rings (SSSR count). The highest BCUT2D eigenvalue weighted by Gasteiger charge is 2.24. The second-order valence-electron chi connectivity index (χ2n) is 4.94. The summed E-state index contributed by atoms with van der Waals surface area (Å²) in [4.78, 5) is 4.09. The predicted molar refractivity (Wildman–Crippen MR) is 77.7 cm³/mol. The predicted octanol–water partition coefficient (Wildman–Crippen LogP) is 3.45. The van der Waals surface area contributed by atoms with Crippen molar-refractivity contribution in [3.63, 3.8) is 0 Å². The lowest BCUT2D eigenvalue weighted by Gasteiger charge is -2.33. The van der Waals surface area contributed by atoms with Gasteiger partial charge in [0.25, 0.3) is 0 Å². The van der Waals surface area contributed by atoms with Crippen molar-refractivity contribution in [1.29, 1.82) is 0 Å². The van der Waals surface area contributed by atoms with Crippen LogP contribution in [-0.2, 0) is 13.0 Å². The molecule has 1 aromatic heterocycles. The largest absolute Gasteiger partial charge is 0.399 e. The molecule has 94 valence electrons. The Morgan fingerprint density at radius 2 is 2.28 bits per heavy atom. The Labute approximate surface area is 112 Å². The minimum atomic E-state index is 0.515. The molecule has 1 aromatic carbocycles. The van der Waals surface area contributed by atoms with Crippen LogP contribution >= 0.6 is 11.3 Å². The third-order valence-electron chi connectivity index (χ3n) is 3.74. The normalized spacial score (nSPS) is 19.7. The fourth-order valence-corrected chi connectivity index (χ4v) is 3.67. The number of anilines is 1. The molecule has 0 aliphatic carbocycles. The molecule has 0 spiro atoms. The van der Waals surface area contributed by atoms with Crippen molar-refractivity contribution in [2.24, 2.45) is 0 Å². The number of nitrogens with two attached hydrogens (primary N) is 1. The lowest BCUT2D eigenvalue weighted by molar-refractivity contribution is 0.191. The summed E-state index contributed by atoms with van der Waals surface area (Å²) in [5.74, 6) is 0. The van der Waals surface area contributed by atoms with Crippen LogP contribution in [0.2, 0.25) is 0 Å². The van der Waals surface area contributed by atoms with Crippen molar-refractivity contribution in [1.82, 2.24) is 4.90 Å². The number of hydrogen-bond donors (Lipinski definition) is 1. The van der Waals surface area contributed by atoms with Gasteiger partial charge in [-0.25, -0.2) is 0 Å². The van der Waals surface area contributed by atoms with Gasteiger partial charge < -0.3 is 5.73 Å². The fraction of sp³-hybridized carbons (Fsp3) is 0.333. The molecular weight excluding hydrogens is 240 g/mol. The van der Waals surface area contributed by atoms with E-state index in [2.05, 4.69) is 35.4 Å². The van der Waals surface area contributed by atoms with E-state index >= 15 is 0 Å². The molecule has 2 N–H and O–H groups in total. The van der Waals surface area contributed by atoms with Crippen LogP contribution in [-0.4, -0.2) is 11.4 Å². The molecule has 18 heavy (non-hydrogen) atoms. The van der Waals surface area contributed by atoms with E-state index in [0.29, 0.717) is 6.04 Å². The van der Waals surface area contributed by atoms with Crippen LogP contribution < -0.4 is 5.73 Å². The van der Waals surface area contributed by atoms with Crippen LogP contribution in [0.3, 0.4) is 0 Å². The molecule has 0 saturated heterocycles. The van der Waals surface area contributed by atoms with Crippen molar-refractivity contribution < 1.29 is 0 Å². The highest BCUT2D eigenvalue weighted by Crippen LogP contribution is 2.33. The molecule has 1 aliphatic rings. The molecule has 0 bridgehead atoms. The number of rotatable bonds is 2. The summed E-state index contributed by atoms with van der Waals surface area (Å²) in [5.41, 5.74) is 9.51. The zero-order chi connectivity index (χ0) is 12.5. The molecule has 1 atom stereocenters. The standard InChI is InChI=1S/C15H18N2S/c1-11-14-6-8-18-15(14)5-7-17(11)10-12-3-2-4-13(16)9-12/h2-4,6,8-9,11H,5,7,10,16H2,1H3. The van der Waals surface area contributed by atoms with Gasteiger partial charge in [-0.2, -0.15) is 0 Å². The lowest BCUT2D eigenvalue weighted by Crippen LogP contribution is -2.32. The summed E-state index contributed by atoms with van der Waals surface area (Å²) in [5, 5.41) is 2.21. The maximum Gasteiger partial charge on any atom is 0.0334 e. The molecule has 0 saturated carbocycles. The van der Waals surface area contributed by atoms with Crippen molar-refractivity contribution in [2.75, 3.05) is 12.3 Å². The van der Waals surface area contributed by atoms with Crippen molar-refractivity contribution >= 4 is 17.0 Å². The number of thiophene rings is 1. The molecule has 2 aromatic rings. The van der Waals surface area contributed by atoms with Gasteiger partial charge in [0.05, 0.1) is 0 Å². The minimum absolute atomic E-state index is 0.515. The van der Waals surface area contributed by atoms with Gasteiger partial charge in [-0.3, -0.25) is 4.90 Å². The van der Waals surface area contributed by atoms with E-state index in [1.54, 1.807) is 4.88 Å². The molecule has 0 radical (unpaired) electrons. The van der Waals surface area contributed by atoms with Crippen LogP contribution in [0.5, 0.6) is 0 Å². The van der Waals surface area contributed by atoms with Crippen LogP contribution in [0.25, 0.3) is 0 Å². The van der Waals surface area contributed by atoms with Gasteiger partial charge in [0.1, 0.15) is 0 Å². The smallest absolute Gasteiger partial charge is 0.0334 e. The Morgan fingerprint density at radius 3 is 3.11 bits per heavy atom. The van der Waals surface area contributed by atoms with E-state index in [4.69, 9.17) is 5.73 Å². The zero-order valence-corrected chi connectivity index (χ0v) is 11.4. The quantitative estimate of drug-likeness (QED) is 0.836. The van der Waals surface area contributed by atoms with Gasteiger partial charge in [-0.05, 0) is 48.1 Å². The van der Waals surface area contributed by atoms with Gasteiger partial charge in [0.2, 0.25) is 0 Å². The van der Waals surface area contributed by atoms with E-state index < -0.39 is 0 Å². The first kappa shape index (κ1) is 11.8. The van der Waals surface area contributed by atoms with Crippen molar-refractivity contribution in [2.45, 2.75) is 25.9 Å². The topological polar surface area (TPSA) is 29.3 Å². The van der Waals surface area contributed by atoms with E-state index in [0.717, 1.165) is 18.8 Å². The molecule has 1 aliphatic heterocycles. The first-order valence-electron chi connectivity index (χ1n) is 6.39. The average Bonchev–Trinajstić information content (AvgIpc) is 2.82. The number of nitrogens with zero attached hydrogens (tertiary/aromatic N) is 1.